The summed E-state index contributed by atoms with van der Waals surface area (Å²) in [5.41, 5.74) is 2.30. The summed E-state index contributed by atoms with van der Waals surface area (Å²) < 4.78 is 15.9. The van der Waals surface area contributed by atoms with Gasteiger partial charge in [0.05, 0.1) is 12.7 Å². The molecule has 0 bridgehead atoms. The molecule has 3 aromatic rings. The molecule has 1 atom stereocenters. The van der Waals surface area contributed by atoms with E-state index in [-0.39, 0.29) is 11.9 Å². The Morgan fingerprint density at radius 2 is 2.07 bits per heavy atom. The molecular weight excluding hydrogens is 381 g/mol. The van der Waals surface area contributed by atoms with Crippen molar-refractivity contribution in [2.75, 3.05) is 25.0 Å². The number of rotatable bonds is 6. The summed E-state index contributed by atoms with van der Waals surface area (Å²) in [6, 6.07) is 13.5. The van der Waals surface area contributed by atoms with Gasteiger partial charge in [-0.1, -0.05) is 30.3 Å². The summed E-state index contributed by atoms with van der Waals surface area (Å²) in [4.78, 5) is 10.5. The summed E-state index contributed by atoms with van der Waals surface area (Å²) in [6.45, 7) is 2.81. The van der Waals surface area contributed by atoms with E-state index < -0.39 is 0 Å². The number of nitrogens with zero attached hydrogens (tertiary/aromatic N) is 5. The maximum atomic E-state index is 14.0. The van der Waals surface area contributed by atoms with Crippen LogP contribution in [0.25, 0.3) is 0 Å². The Hall–Kier alpha value is -3.42. The zero-order chi connectivity index (χ0) is 20.8. The van der Waals surface area contributed by atoms with Crippen molar-refractivity contribution >= 4 is 11.8 Å². The summed E-state index contributed by atoms with van der Waals surface area (Å²) in [5, 5.41) is 11.2. The Labute approximate surface area is 175 Å². The Kier molecular flexibility index (Phi) is 6.22. The first-order valence-corrected chi connectivity index (χ1v) is 10.1. The molecule has 7 nitrogen and oxygen atoms in total. The molecule has 1 aliphatic heterocycles. The van der Waals surface area contributed by atoms with Crippen LogP contribution in [0.4, 0.5) is 10.2 Å². The van der Waals surface area contributed by atoms with Crippen molar-refractivity contribution < 1.29 is 4.39 Å². The maximum Gasteiger partial charge on any atom is 0.191 e. The number of halogens is 1. The van der Waals surface area contributed by atoms with Gasteiger partial charge in [0, 0.05) is 50.7 Å². The Morgan fingerprint density at radius 1 is 1.20 bits per heavy atom. The fraction of sp³-hybridized carbons (Fsp3) is 0.318. The lowest BCUT2D eigenvalue weighted by molar-refractivity contribution is 0.612. The van der Waals surface area contributed by atoms with Crippen LogP contribution in [0.3, 0.4) is 0 Å². The summed E-state index contributed by atoms with van der Waals surface area (Å²) >= 11 is 0. The third-order valence-electron chi connectivity index (χ3n) is 5.13. The SMILES string of the molecule is CN=C(NCc1cnn(Cc2ccccc2)c1)NC1CCN(c2ncccc2F)C1. The quantitative estimate of drug-likeness (QED) is 0.485. The van der Waals surface area contributed by atoms with Gasteiger partial charge in [0.25, 0.3) is 0 Å². The van der Waals surface area contributed by atoms with Crippen molar-refractivity contribution in [3.63, 3.8) is 0 Å². The van der Waals surface area contributed by atoms with Gasteiger partial charge in [-0.3, -0.25) is 9.67 Å². The molecule has 156 valence electrons. The first kappa shape index (κ1) is 19.9. The highest BCUT2D eigenvalue weighted by atomic mass is 19.1. The number of hydrogen-bond acceptors (Lipinski definition) is 4. The molecule has 1 unspecified atom stereocenters. The van der Waals surface area contributed by atoms with E-state index in [1.54, 1.807) is 19.3 Å². The molecule has 4 rings (SSSR count). The highest BCUT2D eigenvalue weighted by Gasteiger charge is 2.25. The van der Waals surface area contributed by atoms with E-state index in [0.717, 1.165) is 31.0 Å². The van der Waals surface area contributed by atoms with E-state index in [2.05, 4.69) is 37.8 Å². The molecular formula is C22H26FN7. The van der Waals surface area contributed by atoms with Crippen molar-refractivity contribution in [2.45, 2.75) is 25.6 Å². The Bertz CT molecular complexity index is 986. The van der Waals surface area contributed by atoms with E-state index in [9.17, 15) is 4.39 Å². The van der Waals surface area contributed by atoms with Gasteiger partial charge in [-0.15, -0.1) is 0 Å². The third kappa shape index (κ3) is 4.94. The van der Waals surface area contributed by atoms with Crippen LogP contribution in [0.2, 0.25) is 0 Å². The van der Waals surface area contributed by atoms with E-state index in [4.69, 9.17) is 0 Å². The van der Waals surface area contributed by atoms with Crippen LogP contribution in [-0.4, -0.2) is 46.9 Å². The Morgan fingerprint density at radius 3 is 2.87 bits per heavy atom. The first-order valence-electron chi connectivity index (χ1n) is 10.1. The molecule has 0 radical (unpaired) electrons. The zero-order valence-electron chi connectivity index (χ0n) is 17.0. The number of pyridine rings is 1. The molecule has 1 aromatic carbocycles. The van der Waals surface area contributed by atoms with Gasteiger partial charge < -0.3 is 15.5 Å². The average molecular weight is 407 g/mol. The lowest BCUT2D eigenvalue weighted by Gasteiger charge is -2.19. The lowest BCUT2D eigenvalue weighted by atomic mass is 10.2. The van der Waals surface area contributed by atoms with Crippen molar-refractivity contribution in [3.05, 3.63) is 78.0 Å². The molecule has 1 aliphatic rings. The smallest absolute Gasteiger partial charge is 0.191 e. The molecule has 1 saturated heterocycles. The highest BCUT2D eigenvalue weighted by molar-refractivity contribution is 5.80. The molecule has 0 amide bonds. The van der Waals surface area contributed by atoms with E-state index in [1.807, 2.05) is 40.2 Å². The Balaban J connectivity index is 1.27. The fourth-order valence-electron chi connectivity index (χ4n) is 3.61. The van der Waals surface area contributed by atoms with Crippen LogP contribution in [0.15, 0.2) is 66.0 Å². The van der Waals surface area contributed by atoms with Crippen LogP contribution in [0, 0.1) is 5.82 Å². The standard InChI is InChI=1S/C22H26FN7/c1-24-22(28-19-9-11-29(16-19)21-20(23)8-5-10-25-21)26-12-18-13-27-30(15-18)14-17-6-3-2-4-7-17/h2-8,10,13,15,19H,9,11-12,14,16H2,1H3,(H2,24,26,28). The van der Waals surface area contributed by atoms with E-state index >= 15 is 0 Å². The number of anilines is 1. The van der Waals surface area contributed by atoms with Crippen molar-refractivity contribution in [2.24, 2.45) is 4.99 Å². The minimum atomic E-state index is -0.284. The summed E-state index contributed by atoms with van der Waals surface area (Å²) in [5.74, 6) is 0.850. The van der Waals surface area contributed by atoms with Crippen LogP contribution < -0.4 is 15.5 Å². The topological polar surface area (TPSA) is 70.4 Å². The van der Waals surface area contributed by atoms with Gasteiger partial charge in [0.2, 0.25) is 0 Å². The molecule has 3 heterocycles. The molecule has 2 aromatic heterocycles. The number of aliphatic imine (C=N–C) groups is 1. The molecule has 0 aliphatic carbocycles. The highest BCUT2D eigenvalue weighted by Crippen LogP contribution is 2.20. The molecule has 0 spiro atoms. The van der Waals surface area contributed by atoms with Crippen molar-refractivity contribution in [1.82, 2.24) is 25.4 Å². The number of hydrogen-bond donors (Lipinski definition) is 2. The van der Waals surface area contributed by atoms with Crippen LogP contribution >= 0.6 is 0 Å². The molecule has 30 heavy (non-hydrogen) atoms. The number of nitrogens with one attached hydrogen (secondary N) is 2. The molecule has 2 N–H and O–H groups in total. The third-order valence-corrected chi connectivity index (χ3v) is 5.13. The minimum absolute atomic E-state index is 0.179. The second kappa shape index (κ2) is 9.39. The number of guanidine groups is 1. The first-order chi connectivity index (χ1) is 14.7. The predicted molar refractivity (Wildman–Crippen MR) is 116 cm³/mol. The lowest BCUT2D eigenvalue weighted by Crippen LogP contribution is -2.44. The van der Waals surface area contributed by atoms with E-state index in [1.165, 1.54) is 11.6 Å². The van der Waals surface area contributed by atoms with E-state index in [0.29, 0.717) is 18.9 Å². The molecule has 0 saturated carbocycles. The van der Waals surface area contributed by atoms with Crippen molar-refractivity contribution in [1.29, 1.82) is 0 Å². The second-order valence-electron chi connectivity index (χ2n) is 7.34. The summed E-state index contributed by atoms with van der Waals surface area (Å²) in [6.07, 6.45) is 6.42. The van der Waals surface area contributed by atoms with Gasteiger partial charge in [-0.05, 0) is 24.1 Å². The second-order valence-corrected chi connectivity index (χ2v) is 7.34. The predicted octanol–water partition coefficient (Wildman–Crippen LogP) is 2.41. The zero-order valence-corrected chi connectivity index (χ0v) is 17.0. The van der Waals surface area contributed by atoms with Crippen molar-refractivity contribution in [3.8, 4) is 0 Å². The number of benzene rings is 1. The van der Waals surface area contributed by atoms with Gasteiger partial charge >= 0.3 is 0 Å². The van der Waals surface area contributed by atoms with Gasteiger partial charge in [-0.25, -0.2) is 9.37 Å². The monoisotopic (exact) mass is 407 g/mol. The van der Waals surface area contributed by atoms with Gasteiger partial charge in [-0.2, -0.15) is 5.10 Å². The average Bonchev–Trinajstić information content (AvgIpc) is 3.42. The fourth-order valence-corrected chi connectivity index (χ4v) is 3.61. The number of aromatic nitrogens is 3. The maximum absolute atomic E-state index is 14.0. The molecule has 1 fully saturated rings. The van der Waals surface area contributed by atoms with Crippen LogP contribution in [-0.2, 0) is 13.1 Å². The largest absolute Gasteiger partial charge is 0.352 e. The van der Waals surface area contributed by atoms with Gasteiger partial charge in [0.15, 0.2) is 17.6 Å². The van der Waals surface area contributed by atoms with Gasteiger partial charge in [0.1, 0.15) is 0 Å². The molecule has 8 heteroatoms. The normalized spacial score (nSPS) is 16.7. The van der Waals surface area contributed by atoms with Crippen LogP contribution in [0.5, 0.6) is 0 Å². The van der Waals surface area contributed by atoms with Crippen LogP contribution in [0.1, 0.15) is 17.5 Å². The minimum Gasteiger partial charge on any atom is -0.352 e. The summed E-state index contributed by atoms with van der Waals surface area (Å²) in [7, 11) is 1.75.